The largest absolute Gasteiger partial charge is 0.497 e. The number of ether oxygens (including phenoxy) is 2. The zero-order valence-corrected chi connectivity index (χ0v) is 18.0. The van der Waals surface area contributed by atoms with Crippen LogP contribution in [-0.2, 0) is 4.79 Å². The highest BCUT2D eigenvalue weighted by molar-refractivity contribution is 6.30. The second kappa shape index (κ2) is 7.95. The van der Waals surface area contributed by atoms with Crippen LogP contribution in [0, 0.1) is 6.92 Å². The van der Waals surface area contributed by atoms with Gasteiger partial charge in [-0.1, -0.05) is 29.8 Å². The van der Waals surface area contributed by atoms with E-state index >= 15 is 0 Å². The van der Waals surface area contributed by atoms with E-state index in [9.17, 15) is 4.79 Å². The molecule has 0 radical (unpaired) electrons. The molecule has 0 fully saturated rings. The monoisotopic (exact) mass is 423 g/mol. The van der Waals surface area contributed by atoms with Gasteiger partial charge in [-0.2, -0.15) is 5.10 Å². The minimum absolute atomic E-state index is 0.164. The van der Waals surface area contributed by atoms with Crippen LogP contribution in [0.3, 0.4) is 0 Å². The highest BCUT2D eigenvalue weighted by Crippen LogP contribution is 2.39. The van der Waals surface area contributed by atoms with Gasteiger partial charge in [-0.3, -0.25) is 4.79 Å². The molecule has 3 aromatic rings. The van der Waals surface area contributed by atoms with Gasteiger partial charge in [-0.15, -0.1) is 0 Å². The van der Waals surface area contributed by atoms with E-state index in [1.807, 2.05) is 43.3 Å². The van der Waals surface area contributed by atoms with Crippen LogP contribution < -0.4 is 9.47 Å². The summed E-state index contributed by atoms with van der Waals surface area (Å²) in [6, 6.07) is 13.2. The van der Waals surface area contributed by atoms with Crippen LogP contribution in [0.2, 0.25) is 5.15 Å². The number of carbonyl (C=O) groups is 1. The number of hydrogen-bond acceptors (Lipinski definition) is 5. The molecule has 0 saturated carbocycles. The second-order valence-electron chi connectivity index (χ2n) is 7.21. The molecule has 7 heteroatoms. The molecule has 0 saturated heterocycles. The lowest BCUT2D eigenvalue weighted by atomic mass is 9.97. The molecule has 1 aromatic heterocycles. The Balaban J connectivity index is 1.78. The summed E-state index contributed by atoms with van der Waals surface area (Å²) < 4.78 is 10.8. The van der Waals surface area contributed by atoms with Crippen molar-refractivity contribution in [3.05, 3.63) is 64.3 Å². The number of aromatic nitrogens is 1. The number of rotatable bonds is 4. The Hall–Kier alpha value is -3.12. The van der Waals surface area contributed by atoms with Crippen molar-refractivity contribution in [3.8, 4) is 11.5 Å². The Labute approximate surface area is 180 Å². The number of fused-ring (bicyclic) bond motifs is 1. The van der Waals surface area contributed by atoms with E-state index in [0.717, 1.165) is 33.3 Å². The molecule has 30 heavy (non-hydrogen) atoms. The minimum atomic E-state index is -0.339. The normalized spacial score (nSPS) is 16.0. The predicted molar refractivity (Wildman–Crippen MR) is 117 cm³/mol. The van der Waals surface area contributed by atoms with Crippen molar-refractivity contribution >= 4 is 34.1 Å². The van der Waals surface area contributed by atoms with E-state index in [2.05, 4.69) is 10.1 Å². The molecule has 1 aliphatic rings. The third-order valence-electron chi connectivity index (χ3n) is 5.34. The van der Waals surface area contributed by atoms with Crippen LogP contribution in [0.4, 0.5) is 0 Å². The zero-order valence-electron chi connectivity index (χ0n) is 17.3. The van der Waals surface area contributed by atoms with Crippen molar-refractivity contribution in [3.63, 3.8) is 0 Å². The number of aryl methyl sites for hydroxylation is 1. The number of para-hydroxylation sites is 1. The van der Waals surface area contributed by atoms with Crippen LogP contribution in [0.25, 0.3) is 10.9 Å². The Bertz CT molecular complexity index is 1180. The summed E-state index contributed by atoms with van der Waals surface area (Å²) in [5.41, 5.74) is 4.24. The Kier molecular flexibility index (Phi) is 5.35. The molecule has 0 unspecified atom stereocenters. The smallest absolute Gasteiger partial charge is 0.240 e. The average molecular weight is 424 g/mol. The Morgan fingerprint density at radius 2 is 1.97 bits per heavy atom. The number of amides is 1. The van der Waals surface area contributed by atoms with E-state index in [0.29, 0.717) is 23.1 Å². The van der Waals surface area contributed by atoms with Gasteiger partial charge in [0.15, 0.2) is 0 Å². The molecular formula is C23H22ClN3O3. The standard InChI is InChI=1S/C23H22ClN3O3/c1-13-6-5-7-15-10-18(23(24)25-22(13)15)20-12-19(26-27(20)14(2)28)17-9-8-16(29-3)11-21(17)30-4/h5-11,20H,12H2,1-4H3/t20-/m0/s1. The Morgan fingerprint density at radius 3 is 2.67 bits per heavy atom. The van der Waals surface area contributed by atoms with Crippen LogP contribution in [-0.4, -0.2) is 35.8 Å². The van der Waals surface area contributed by atoms with Gasteiger partial charge >= 0.3 is 0 Å². The SMILES string of the molecule is COc1ccc(C2=NN(C(C)=O)[C@H](c3cc4cccc(C)c4nc3Cl)C2)c(OC)c1. The number of carbonyl (C=O) groups excluding carboxylic acids is 1. The topological polar surface area (TPSA) is 64.0 Å². The lowest BCUT2D eigenvalue weighted by Crippen LogP contribution is -2.24. The van der Waals surface area contributed by atoms with Gasteiger partial charge in [0.05, 0.1) is 31.5 Å². The first-order chi connectivity index (χ1) is 14.4. The van der Waals surface area contributed by atoms with Gasteiger partial charge in [0.2, 0.25) is 5.91 Å². The number of hydrogen-bond donors (Lipinski definition) is 0. The first kappa shape index (κ1) is 20.2. The van der Waals surface area contributed by atoms with Crippen LogP contribution in [0.15, 0.2) is 47.6 Å². The molecular weight excluding hydrogens is 402 g/mol. The number of halogens is 1. The molecule has 0 bridgehead atoms. The fourth-order valence-electron chi connectivity index (χ4n) is 3.82. The summed E-state index contributed by atoms with van der Waals surface area (Å²) in [6.07, 6.45) is 0.501. The van der Waals surface area contributed by atoms with Crippen molar-refractivity contribution < 1.29 is 14.3 Å². The summed E-state index contributed by atoms with van der Waals surface area (Å²) in [5, 5.41) is 7.45. The predicted octanol–water partition coefficient (Wildman–Crippen LogP) is 4.91. The lowest BCUT2D eigenvalue weighted by molar-refractivity contribution is -0.130. The molecule has 1 aliphatic heterocycles. The van der Waals surface area contributed by atoms with Crippen molar-refractivity contribution in [1.29, 1.82) is 0 Å². The number of hydrazone groups is 1. The van der Waals surface area contributed by atoms with Gasteiger partial charge in [-0.25, -0.2) is 9.99 Å². The van der Waals surface area contributed by atoms with Gasteiger partial charge in [0.25, 0.3) is 0 Å². The lowest BCUT2D eigenvalue weighted by Gasteiger charge is -2.21. The minimum Gasteiger partial charge on any atom is -0.497 e. The molecule has 2 heterocycles. The number of nitrogens with zero attached hydrogens (tertiary/aromatic N) is 3. The molecule has 6 nitrogen and oxygen atoms in total. The summed E-state index contributed by atoms with van der Waals surface area (Å²) in [5.74, 6) is 1.16. The summed E-state index contributed by atoms with van der Waals surface area (Å²) >= 11 is 6.58. The van der Waals surface area contributed by atoms with Crippen molar-refractivity contribution in [2.24, 2.45) is 5.10 Å². The number of benzene rings is 2. The number of methoxy groups -OCH3 is 2. The third kappa shape index (κ3) is 3.48. The molecule has 4 rings (SSSR count). The summed E-state index contributed by atoms with van der Waals surface area (Å²) in [6.45, 7) is 3.50. The maximum absolute atomic E-state index is 12.4. The van der Waals surface area contributed by atoms with E-state index < -0.39 is 0 Å². The fourth-order valence-corrected chi connectivity index (χ4v) is 4.08. The third-order valence-corrected chi connectivity index (χ3v) is 5.64. The first-order valence-corrected chi connectivity index (χ1v) is 9.96. The Morgan fingerprint density at radius 1 is 1.17 bits per heavy atom. The fraction of sp³-hybridized carbons (Fsp3) is 0.261. The van der Waals surface area contributed by atoms with Gasteiger partial charge in [0.1, 0.15) is 16.7 Å². The van der Waals surface area contributed by atoms with Gasteiger partial charge < -0.3 is 9.47 Å². The second-order valence-corrected chi connectivity index (χ2v) is 7.57. The van der Waals surface area contributed by atoms with Gasteiger partial charge in [0, 0.05) is 35.9 Å². The van der Waals surface area contributed by atoms with Crippen LogP contribution in [0.5, 0.6) is 11.5 Å². The molecule has 0 N–H and O–H groups in total. The van der Waals surface area contributed by atoms with Crippen molar-refractivity contribution in [2.45, 2.75) is 26.3 Å². The van der Waals surface area contributed by atoms with Crippen molar-refractivity contribution in [2.75, 3.05) is 14.2 Å². The average Bonchev–Trinajstić information content (AvgIpc) is 3.19. The van der Waals surface area contributed by atoms with Crippen molar-refractivity contribution in [1.82, 2.24) is 9.99 Å². The first-order valence-electron chi connectivity index (χ1n) is 9.58. The van der Waals surface area contributed by atoms with Crippen LogP contribution in [0.1, 0.15) is 36.1 Å². The van der Waals surface area contributed by atoms with E-state index in [1.54, 1.807) is 20.3 Å². The maximum Gasteiger partial charge on any atom is 0.240 e. The quantitative estimate of drug-likeness (QED) is 0.559. The summed E-state index contributed by atoms with van der Waals surface area (Å²) in [4.78, 5) is 17.0. The zero-order chi connectivity index (χ0) is 21.4. The highest BCUT2D eigenvalue weighted by atomic mass is 35.5. The molecule has 0 spiro atoms. The van der Waals surface area contributed by atoms with Gasteiger partial charge in [-0.05, 0) is 30.7 Å². The maximum atomic E-state index is 12.4. The van der Waals surface area contributed by atoms with E-state index in [-0.39, 0.29) is 11.9 Å². The molecule has 2 aromatic carbocycles. The molecule has 1 amide bonds. The molecule has 1 atom stereocenters. The highest BCUT2D eigenvalue weighted by Gasteiger charge is 2.34. The van der Waals surface area contributed by atoms with Crippen LogP contribution >= 0.6 is 11.6 Å². The summed E-state index contributed by atoms with van der Waals surface area (Å²) in [7, 11) is 3.20. The van der Waals surface area contributed by atoms with E-state index in [4.69, 9.17) is 21.1 Å². The van der Waals surface area contributed by atoms with E-state index in [1.165, 1.54) is 11.9 Å². The number of pyridine rings is 1. The molecule has 0 aliphatic carbocycles. The molecule has 154 valence electrons.